The smallest absolute Gasteiger partial charge is 0.269 e. The molecule has 0 saturated heterocycles. The monoisotopic (exact) mass is 328 g/mol. The number of allylic oxidation sites excluding steroid dienone is 1. The third-order valence-corrected chi connectivity index (χ3v) is 3.93. The maximum Gasteiger partial charge on any atom is 0.269 e. The Kier molecular flexibility index (Phi) is 5.54. The highest BCUT2D eigenvalue weighted by atomic mass is 32.2. The first-order valence-electron chi connectivity index (χ1n) is 6.87. The predicted molar refractivity (Wildman–Crippen MR) is 91.5 cm³/mol. The molecule has 0 bridgehead atoms. The van der Waals surface area contributed by atoms with Crippen LogP contribution < -0.4 is 0 Å². The fourth-order valence-corrected chi connectivity index (χ4v) is 2.88. The quantitative estimate of drug-likeness (QED) is 0.264. The molecule has 0 aliphatic heterocycles. The molecular formula is C17H16N2O3S. The molecule has 0 aliphatic carbocycles. The highest BCUT2D eigenvalue weighted by molar-refractivity contribution is 8.04. The van der Waals surface area contributed by atoms with E-state index in [0.29, 0.717) is 10.5 Å². The summed E-state index contributed by atoms with van der Waals surface area (Å²) in [6.45, 7) is 0. The Morgan fingerprint density at radius 2 is 1.70 bits per heavy atom. The summed E-state index contributed by atoms with van der Waals surface area (Å²) in [5.74, 6) is -0.164. The first-order chi connectivity index (χ1) is 11.0. The van der Waals surface area contributed by atoms with Crippen molar-refractivity contribution in [3.8, 4) is 0 Å². The lowest BCUT2D eigenvalue weighted by atomic mass is 10.1. The lowest BCUT2D eigenvalue weighted by Crippen LogP contribution is -2.08. The molecule has 23 heavy (non-hydrogen) atoms. The van der Waals surface area contributed by atoms with Crippen molar-refractivity contribution >= 4 is 23.2 Å². The van der Waals surface area contributed by atoms with Gasteiger partial charge in [0.05, 0.1) is 9.83 Å². The summed E-state index contributed by atoms with van der Waals surface area (Å²) in [6, 6.07) is 15.2. The van der Waals surface area contributed by atoms with Crippen molar-refractivity contribution in [2.45, 2.75) is 4.90 Å². The van der Waals surface area contributed by atoms with Crippen LogP contribution in [-0.4, -0.2) is 29.7 Å². The van der Waals surface area contributed by atoms with Crippen LogP contribution in [0.4, 0.5) is 5.69 Å². The zero-order chi connectivity index (χ0) is 16.8. The largest absolute Gasteiger partial charge is 0.382 e. The number of thioether (sulfide) groups is 1. The maximum atomic E-state index is 12.7. The molecule has 6 heteroatoms. The number of ketones is 1. The van der Waals surface area contributed by atoms with E-state index in [4.69, 9.17) is 0 Å². The van der Waals surface area contributed by atoms with Crippen molar-refractivity contribution < 1.29 is 9.72 Å². The molecule has 0 N–H and O–H groups in total. The molecule has 118 valence electrons. The Hall–Kier alpha value is -2.60. The number of non-ortho nitro benzene ring substituents is 1. The summed E-state index contributed by atoms with van der Waals surface area (Å²) in [5, 5.41) is 10.7. The second-order valence-electron chi connectivity index (χ2n) is 5.01. The Balaban J connectivity index is 2.28. The van der Waals surface area contributed by atoms with Gasteiger partial charge in [-0.2, -0.15) is 0 Å². The normalized spacial score (nSPS) is 11.1. The van der Waals surface area contributed by atoms with E-state index < -0.39 is 4.92 Å². The average molecular weight is 328 g/mol. The van der Waals surface area contributed by atoms with Gasteiger partial charge in [-0.3, -0.25) is 14.9 Å². The zero-order valence-corrected chi connectivity index (χ0v) is 13.6. The fourth-order valence-electron chi connectivity index (χ4n) is 1.86. The van der Waals surface area contributed by atoms with Crippen molar-refractivity contribution in [2.75, 3.05) is 14.1 Å². The van der Waals surface area contributed by atoms with Crippen molar-refractivity contribution in [3.63, 3.8) is 0 Å². The highest BCUT2D eigenvalue weighted by Gasteiger charge is 2.16. The summed E-state index contributed by atoms with van der Waals surface area (Å²) < 4.78 is 0. The van der Waals surface area contributed by atoms with Crippen LogP contribution >= 0.6 is 11.8 Å². The number of hydrogen-bond acceptors (Lipinski definition) is 5. The van der Waals surface area contributed by atoms with Crippen molar-refractivity contribution in [1.29, 1.82) is 0 Å². The van der Waals surface area contributed by atoms with Gasteiger partial charge in [0.2, 0.25) is 5.78 Å². The van der Waals surface area contributed by atoms with E-state index in [0.717, 1.165) is 4.90 Å². The molecular weight excluding hydrogens is 312 g/mol. The minimum absolute atomic E-state index is 0.0320. The van der Waals surface area contributed by atoms with Gasteiger partial charge in [0, 0.05) is 42.9 Å². The summed E-state index contributed by atoms with van der Waals surface area (Å²) in [4.78, 5) is 26.2. The van der Waals surface area contributed by atoms with Crippen molar-refractivity contribution in [3.05, 3.63) is 81.4 Å². The minimum atomic E-state index is -0.483. The third kappa shape index (κ3) is 4.69. The summed E-state index contributed by atoms with van der Waals surface area (Å²) in [6.07, 6.45) is 1.75. The second kappa shape index (κ2) is 7.60. The van der Waals surface area contributed by atoms with Crippen molar-refractivity contribution in [1.82, 2.24) is 4.90 Å². The average Bonchev–Trinajstić information content (AvgIpc) is 2.54. The lowest BCUT2D eigenvalue weighted by Gasteiger charge is -2.11. The zero-order valence-electron chi connectivity index (χ0n) is 12.8. The third-order valence-electron chi connectivity index (χ3n) is 2.91. The molecule has 2 aromatic rings. The lowest BCUT2D eigenvalue weighted by molar-refractivity contribution is -0.384. The van der Waals surface area contributed by atoms with E-state index in [1.807, 2.05) is 44.4 Å². The fraction of sp³-hybridized carbons (Fsp3) is 0.118. The second-order valence-corrected chi connectivity index (χ2v) is 6.12. The summed E-state index contributed by atoms with van der Waals surface area (Å²) in [5.41, 5.74) is 0.391. The number of nitro groups is 1. The number of nitro benzene ring substituents is 1. The van der Waals surface area contributed by atoms with Gasteiger partial charge in [0.15, 0.2) is 0 Å². The van der Waals surface area contributed by atoms with Gasteiger partial charge in [-0.1, -0.05) is 30.0 Å². The number of carbonyl (C=O) groups excluding carboxylic acids is 1. The van der Waals surface area contributed by atoms with E-state index in [1.54, 1.807) is 11.1 Å². The molecule has 2 aromatic carbocycles. The highest BCUT2D eigenvalue weighted by Crippen LogP contribution is 2.29. The number of rotatable bonds is 6. The molecule has 0 atom stereocenters. The summed E-state index contributed by atoms with van der Waals surface area (Å²) >= 11 is 1.37. The van der Waals surface area contributed by atoms with E-state index in [2.05, 4.69) is 0 Å². The van der Waals surface area contributed by atoms with Crippen LogP contribution in [0.1, 0.15) is 10.4 Å². The van der Waals surface area contributed by atoms with Gasteiger partial charge in [-0.25, -0.2) is 0 Å². The summed E-state index contributed by atoms with van der Waals surface area (Å²) in [7, 11) is 3.68. The Morgan fingerprint density at radius 3 is 2.22 bits per heavy atom. The number of Topliss-reactive ketones (excluding diaryl/α,β-unsaturated/α-hetero) is 1. The van der Waals surface area contributed by atoms with Gasteiger partial charge in [-0.05, 0) is 24.3 Å². The molecule has 5 nitrogen and oxygen atoms in total. The minimum Gasteiger partial charge on any atom is -0.382 e. The topological polar surface area (TPSA) is 63.5 Å². The van der Waals surface area contributed by atoms with E-state index >= 15 is 0 Å². The van der Waals surface area contributed by atoms with Gasteiger partial charge < -0.3 is 4.90 Å². The first kappa shape index (κ1) is 16.8. The molecule has 0 amide bonds. The number of hydrogen-bond donors (Lipinski definition) is 0. The number of benzene rings is 2. The molecule has 0 heterocycles. The molecule has 0 aromatic heterocycles. The van der Waals surface area contributed by atoms with Crippen LogP contribution in [0.2, 0.25) is 0 Å². The van der Waals surface area contributed by atoms with Crippen LogP contribution in [0.15, 0.2) is 70.6 Å². The Labute approximate surface area is 138 Å². The molecule has 0 saturated carbocycles. The van der Waals surface area contributed by atoms with E-state index in [-0.39, 0.29) is 11.5 Å². The SMILES string of the molecule is CN(C)/C=C(\Sc1ccccc1)C(=O)c1ccc([N+](=O)[O-])cc1. The van der Waals surface area contributed by atoms with Crippen LogP contribution in [0.25, 0.3) is 0 Å². The van der Waals surface area contributed by atoms with Gasteiger partial charge in [0.25, 0.3) is 5.69 Å². The standard InChI is InChI=1S/C17H16N2O3S/c1-18(2)12-16(23-15-6-4-3-5-7-15)17(20)13-8-10-14(11-9-13)19(21)22/h3-12H,1-2H3/b16-12-. The molecule has 0 unspecified atom stereocenters. The van der Waals surface area contributed by atoms with Crippen LogP contribution in [0.3, 0.4) is 0 Å². The molecule has 0 radical (unpaired) electrons. The first-order valence-corrected chi connectivity index (χ1v) is 7.69. The van der Waals surface area contributed by atoms with Crippen LogP contribution in [0.5, 0.6) is 0 Å². The van der Waals surface area contributed by atoms with Gasteiger partial charge in [0.1, 0.15) is 0 Å². The molecule has 0 aliphatic rings. The molecule has 0 fully saturated rings. The molecule has 2 rings (SSSR count). The van der Waals surface area contributed by atoms with Crippen LogP contribution in [-0.2, 0) is 0 Å². The van der Waals surface area contributed by atoms with E-state index in [1.165, 1.54) is 36.0 Å². The van der Waals surface area contributed by atoms with Gasteiger partial charge >= 0.3 is 0 Å². The van der Waals surface area contributed by atoms with Crippen molar-refractivity contribution in [2.24, 2.45) is 0 Å². The number of carbonyl (C=O) groups is 1. The predicted octanol–water partition coefficient (Wildman–Crippen LogP) is 3.97. The van der Waals surface area contributed by atoms with Crippen LogP contribution in [0, 0.1) is 10.1 Å². The molecule has 0 spiro atoms. The Morgan fingerprint density at radius 1 is 1.09 bits per heavy atom. The van der Waals surface area contributed by atoms with Gasteiger partial charge in [-0.15, -0.1) is 0 Å². The maximum absolute atomic E-state index is 12.7. The number of nitrogens with zero attached hydrogens (tertiary/aromatic N) is 2. The Bertz CT molecular complexity index is 725. The van der Waals surface area contributed by atoms with E-state index in [9.17, 15) is 14.9 Å².